The van der Waals surface area contributed by atoms with Crippen molar-refractivity contribution in [1.29, 1.82) is 0 Å². The minimum Gasteiger partial charge on any atom is -0.272 e. The van der Waals surface area contributed by atoms with Crippen LogP contribution in [0.2, 0.25) is 0 Å². The molecule has 0 unspecified atom stereocenters. The predicted molar refractivity (Wildman–Crippen MR) is 81.0 cm³/mol. The Labute approximate surface area is 142 Å². The van der Waals surface area contributed by atoms with E-state index in [4.69, 9.17) is 4.28 Å². The molecule has 3 aliphatic rings. The van der Waals surface area contributed by atoms with Gasteiger partial charge in [0.25, 0.3) is 17.5 Å². The zero-order valence-electron chi connectivity index (χ0n) is 12.9. The lowest BCUT2D eigenvalue weighted by molar-refractivity contribution is -0.384. The van der Waals surface area contributed by atoms with E-state index in [-0.39, 0.29) is 22.4 Å². The number of fused-ring (bicyclic) bond motifs is 5. The molecule has 2 amide bonds. The summed E-state index contributed by atoms with van der Waals surface area (Å²) in [6.45, 7) is 0. The molecule has 10 heteroatoms. The lowest BCUT2D eigenvalue weighted by Crippen LogP contribution is -2.35. The number of imide groups is 1. The molecule has 2 saturated carbocycles. The topological polar surface area (TPSA) is 124 Å². The van der Waals surface area contributed by atoms with Crippen molar-refractivity contribution in [2.75, 3.05) is 0 Å². The molecule has 4 atom stereocenters. The van der Waals surface area contributed by atoms with Gasteiger partial charge in [0.05, 0.1) is 21.7 Å². The number of carbonyl (C=O) groups is 2. The zero-order valence-corrected chi connectivity index (χ0v) is 13.7. The van der Waals surface area contributed by atoms with Crippen LogP contribution >= 0.6 is 0 Å². The van der Waals surface area contributed by atoms with Gasteiger partial charge in [-0.25, -0.2) is 0 Å². The van der Waals surface area contributed by atoms with E-state index < -0.39 is 38.7 Å². The highest BCUT2D eigenvalue weighted by Crippen LogP contribution is 2.56. The van der Waals surface area contributed by atoms with Crippen molar-refractivity contribution < 1.29 is 27.2 Å². The van der Waals surface area contributed by atoms with Gasteiger partial charge in [-0.15, -0.1) is 9.35 Å². The second-order valence-corrected chi connectivity index (χ2v) is 8.16. The Morgan fingerprint density at radius 1 is 1.04 bits per heavy atom. The number of non-ortho nitro benzene ring substituents is 1. The standard InChI is InChI=1S/C15H14N2O7S/c18-14-12-8-1-2-9(7-8)13(12)15(19)16(14)24-25(22,23)11-5-3-10(4-6-11)17(20)21/h3-6,8-9,12-13H,1-2,7H2/t8-,9+,12-,13-/m0/s1. The zero-order chi connectivity index (χ0) is 17.9. The maximum absolute atomic E-state index is 12.5. The van der Waals surface area contributed by atoms with Crippen LogP contribution in [0.25, 0.3) is 0 Å². The van der Waals surface area contributed by atoms with Gasteiger partial charge in [-0.3, -0.25) is 19.7 Å². The van der Waals surface area contributed by atoms with Crippen molar-refractivity contribution in [2.24, 2.45) is 23.7 Å². The first-order chi connectivity index (χ1) is 11.8. The number of hydroxylamine groups is 2. The van der Waals surface area contributed by atoms with Gasteiger partial charge in [-0.1, -0.05) is 0 Å². The largest absolute Gasteiger partial charge is 0.318 e. The molecule has 0 spiro atoms. The molecule has 2 bridgehead atoms. The van der Waals surface area contributed by atoms with Crippen LogP contribution in [0, 0.1) is 33.8 Å². The molecule has 0 N–H and O–H groups in total. The van der Waals surface area contributed by atoms with Gasteiger partial charge >= 0.3 is 10.1 Å². The first-order valence-electron chi connectivity index (χ1n) is 7.86. The minimum atomic E-state index is -4.44. The highest BCUT2D eigenvalue weighted by Gasteiger charge is 2.62. The Bertz CT molecular complexity index is 852. The fraction of sp³-hybridized carbons (Fsp3) is 0.467. The van der Waals surface area contributed by atoms with E-state index in [1.165, 1.54) is 0 Å². The summed E-state index contributed by atoms with van der Waals surface area (Å²) in [5.41, 5.74) is -0.279. The number of rotatable bonds is 4. The van der Waals surface area contributed by atoms with Gasteiger partial charge < -0.3 is 0 Å². The summed E-state index contributed by atoms with van der Waals surface area (Å²) in [5, 5.41) is 11.0. The summed E-state index contributed by atoms with van der Waals surface area (Å²) in [4.78, 5) is 34.5. The number of hydrogen-bond donors (Lipinski definition) is 0. The second kappa shape index (κ2) is 5.33. The van der Waals surface area contributed by atoms with E-state index in [0.29, 0.717) is 5.06 Å². The van der Waals surface area contributed by atoms with Crippen LogP contribution in [-0.2, 0) is 24.0 Å². The monoisotopic (exact) mass is 366 g/mol. The van der Waals surface area contributed by atoms with Crippen LogP contribution in [0.1, 0.15) is 19.3 Å². The number of amides is 2. The highest BCUT2D eigenvalue weighted by molar-refractivity contribution is 7.86. The fourth-order valence-corrected chi connectivity index (χ4v) is 5.23. The maximum Gasteiger partial charge on any atom is 0.318 e. The van der Waals surface area contributed by atoms with Crippen molar-refractivity contribution in [3.63, 3.8) is 0 Å². The number of hydrogen-bond acceptors (Lipinski definition) is 7. The summed E-state index contributed by atoms with van der Waals surface area (Å²) in [7, 11) is -4.44. The van der Waals surface area contributed by atoms with Crippen molar-refractivity contribution in [3.8, 4) is 0 Å². The number of benzene rings is 1. The molecule has 1 heterocycles. The molecule has 0 radical (unpaired) electrons. The summed E-state index contributed by atoms with van der Waals surface area (Å²) in [6.07, 6.45) is 2.57. The van der Waals surface area contributed by atoms with Crippen LogP contribution in [-0.4, -0.2) is 30.2 Å². The van der Waals surface area contributed by atoms with Gasteiger partial charge in [-0.2, -0.15) is 8.42 Å². The first kappa shape index (κ1) is 16.2. The van der Waals surface area contributed by atoms with E-state index in [9.17, 15) is 28.1 Å². The Morgan fingerprint density at radius 2 is 1.56 bits per heavy atom. The molecule has 4 rings (SSSR count). The Balaban J connectivity index is 1.58. The summed E-state index contributed by atoms with van der Waals surface area (Å²) < 4.78 is 29.4. The van der Waals surface area contributed by atoms with Crippen LogP contribution in [0.15, 0.2) is 29.2 Å². The molecule has 1 saturated heterocycles. The third-order valence-electron chi connectivity index (χ3n) is 5.40. The molecule has 1 aromatic carbocycles. The molecular weight excluding hydrogens is 352 g/mol. The average molecular weight is 366 g/mol. The number of nitrogens with zero attached hydrogens (tertiary/aromatic N) is 2. The lowest BCUT2D eigenvalue weighted by Gasteiger charge is -2.18. The van der Waals surface area contributed by atoms with Gasteiger partial charge in [0, 0.05) is 12.1 Å². The molecule has 0 aromatic heterocycles. The SMILES string of the molecule is O=C1[C@H]2[C@@H]3CC[C@@H](C3)[C@@H]2C(=O)N1OS(=O)(=O)c1ccc([N+](=O)[O-])cc1. The molecule has 132 valence electrons. The number of carbonyl (C=O) groups excluding carboxylic acids is 2. The Morgan fingerprint density at radius 3 is 2.04 bits per heavy atom. The molecule has 3 fully saturated rings. The fourth-order valence-electron chi connectivity index (χ4n) is 4.33. The predicted octanol–water partition coefficient (Wildman–Crippen LogP) is 1.25. The van der Waals surface area contributed by atoms with Crippen molar-refractivity contribution in [2.45, 2.75) is 24.2 Å². The Kier molecular flexibility index (Phi) is 3.45. The average Bonchev–Trinajstić information content (AvgIpc) is 3.25. The van der Waals surface area contributed by atoms with Crippen LogP contribution in [0.5, 0.6) is 0 Å². The van der Waals surface area contributed by atoms with E-state index in [1.807, 2.05) is 0 Å². The van der Waals surface area contributed by atoms with Crippen LogP contribution in [0.4, 0.5) is 5.69 Å². The van der Waals surface area contributed by atoms with E-state index >= 15 is 0 Å². The minimum absolute atomic E-state index is 0.113. The lowest BCUT2D eigenvalue weighted by atomic mass is 9.81. The van der Waals surface area contributed by atoms with Crippen molar-refractivity contribution in [1.82, 2.24) is 5.06 Å². The number of nitro benzene ring substituents is 1. The van der Waals surface area contributed by atoms with Crippen LogP contribution < -0.4 is 0 Å². The van der Waals surface area contributed by atoms with Gasteiger partial charge in [0.2, 0.25) is 0 Å². The van der Waals surface area contributed by atoms with Crippen LogP contribution in [0.3, 0.4) is 0 Å². The molecule has 9 nitrogen and oxygen atoms in total. The molecular formula is C15H14N2O7S. The highest BCUT2D eigenvalue weighted by atomic mass is 32.2. The third kappa shape index (κ3) is 2.35. The van der Waals surface area contributed by atoms with Crippen molar-refractivity contribution in [3.05, 3.63) is 34.4 Å². The molecule has 2 aliphatic carbocycles. The first-order valence-corrected chi connectivity index (χ1v) is 9.27. The van der Waals surface area contributed by atoms with Gasteiger partial charge in [-0.05, 0) is 43.2 Å². The second-order valence-electron chi connectivity index (χ2n) is 6.64. The van der Waals surface area contributed by atoms with Crippen molar-refractivity contribution >= 4 is 27.6 Å². The van der Waals surface area contributed by atoms with E-state index in [1.54, 1.807) is 0 Å². The molecule has 1 aromatic rings. The maximum atomic E-state index is 12.5. The van der Waals surface area contributed by atoms with Gasteiger partial charge in [0.1, 0.15) is 0 Å². The quantitative estimate of drug-likeness (QED) is 0.446. The molecule has 1 aliphatic heterocycles. The Hall–Kier alpha value is -2.33. The number of nitro groups is 1. The summed E-state index contributed by atoms with van der Waals surface area (Å²) >= 11 is 0. The summed E-state index contributed by atoms with van der Waals surface area (Å²) in [6, 6.07) is 4.03. The van der Waals surface area contributed by atoms with E-state index in [2.05, 4.69) is 0 Å². The van der Waals surface area contributed by atoms with Gasteiger partial charge in [0.15, 0.2) is 0 Å². The van der Waals surface area contributed by atoms with E-state index in [0.717, 1.165) is 43.5 Å². The third-order valence-corrected chi connectivity index (χ3v) is 6.59. The summed E-state index contributed by atoms with van der Waals surface area (Å²) in [5.74, 6) is -1.96. The normalized spacial score (nSPS) is 30.8. The molecule has 25 heavy (non-hydrogen) atoms. The smallest absolute Gasteiger partial charge is 0.272 e.